The fourth-order valence-electron chi connectivity index (χ4n) is 2.81. The zero-order valence-corrected chi connectivity index (χ0v) is 12.4. The Bertz CT molecular complexity index is 412. The highest BCUT2D eigenvalue weighted by atomic mass is 35.5. The minimum Gasteiger partial charge on any atom is -0.117 e. The zero-order chi connectivity index (χ0) is 12.6. The lowest BCUT2D eigenvalue weighted by Crippen LogP contribution is -2.21. The average molecular weight is 292 g/mol. The number of halogens is 3. The maximum Gasteiger partial charge on any atom is 0.0619 e. The van der Waals surface area contributed by atoms with Crippen LogP contribution in [-0.4, -0.2) is 0 Å². The molecule has 0 aliphatic heterocycles. The summed E-state index contributed by atoms with van der Waals surface area (Å²) in [5, 5.41) is 1.21. The summed E-state index contributed by atoms with van der Waals surface area (Å²) in [7, 11) is 0. The van der Waals surface area contributed by atoms with Gasteiger partial charge in [0.2, 0.25) is 0 Å². The highest BCUT2D eigenvalue weighted by Gasteiger charge is 2.39. The van der Waals surface area contributed by atoms with E-state index in [1.807, 2.05) is 18.2 Å². The van der Waals surface area contributed by atoms with Crippen LogP contribution >= 0.6 is 34.8 Å². The predicted octanol–water partition coefficient (Wildman–Crippen LogP) is 6.10. The van der Waals surface area contributed by atoms with E-state index < -0.39 is 0 Å². The van der Waals surface area contributed by atoms with Crippen LogP contribution in [0.25, 0.3) is 0 Å². The van der Waals surface area contributed by atoms with Crippen LogP contribution in [0.15, 0.2) is 18.2 Å². The van der Waals surface area contributed by atoms with Crippen molar-refractivity contribution in [1.29, 1.82) is 0 Å². The van der Waals surface area contributed by atoms with Crippen LogP contribution in [0.3, 0.4) is 0 Å². The third kappa shape index (κ3) is 2.75. The maximum atomic E-state index is 6.62. The fourth-order valence-corrected chi connectivity index (χ4v) is 3.72. The van der Waals surface area contributed by atoms with Crippen molar-refractivity contribution in [1.82, 2.24) is 0 Å². The van der Waals surface area contributed by atoms with E-state index >= 15 is 0 Å². The molecule has 2 atom stereocenters. The third-order valence-electron chi connectivity index (χ3n) is 3.96. The second kappa shape index (κ2) is 4.99. The monoisotopic (exact) mass is 290 g/mol. The molecule has 0 bridgehead atoms. The molecule has 2 unspecified atom stereocenters. The number of alkyl halides is 1. The topological polar surface area (TPSA) is 0 Å². The molecule has 0 radical (unpaired) electrons. The van der Waals surface area contributed by atoms with Crippen molar-refractivity contribution in [2.45, 2.75) is 38.5 Å². The molecule has 1 aromatic carbocycles. The molecule has 1 aromatic rings. The molecule has 2 rings (SSSR count). The first-order chi connectivity index (χ1) is 7.92. The van der Waals surface area contributed by atoms with E-state index in [2.05, 4.69) is 13.8 Å². The Hall–Kier alpha value is 0.0900. The number of rotatable bonds is 2. The molecule has 1 saturated carbocycles. The highest BCUT2D eigenvalue weighted by molar-refractivity contribution is 6.42. The summed E-state index contributed by atoms with van der Waals surface area (Å²) < 4.78 is 0. The lowest BCUT2D eigenvalue weighted by Gasteiger charge is -2.31. The van der Waals surface area contributed by atoms with Crippen molar-refractivity contribution in [3.8, 4) is 0 Å². The average Bonchev–Trinajstić information content (AvgIpc) is 2.61. The van der Waals surface area contributed by atoms with Gasteiger partial charge in [0, 0.05) is 0 Å². The maximum absolute atomic E-state index is 6.62. The van der Waals surface area contributed by atoms with Gasteiger partial charge in [0.1, 0.15) is 0 Å². The van der Waals surface area contributed by atoms with Crippen molar-refractivity contribution in [2.24, 2.45) is 11.3 Å². The molecule has 0 nitrogen and oxygen atoms in total. The van der Waals surface area contributed by atoms with Crippen LogP contribution in [0.5, 0.6) is 0 Å². The molecule has 0 heterocycles. The third-order valence-corrected chi connectivity index (χ3v) is 5.25. The van der Waals surface area contributed by atoms with Gasteiger partial charge in [-0.1, -0.05) is 49.5 Å². The molecule has 1 aliphatic carbocycles. The summed E-state index contributed by atoms with van der Waals surface area (Å²) in [5.74, 6) is 0.515. The minimum absolute atomic E-state index is 0.0299. The van der Waals surface area contributed by atoms with Gasteiger partial charge in [0.15, 0.2) is 0 Å². The summed E-state index contributed by atoms with van der Waals surface area (Å²) in [6, 6.07) is 5.72. The molecule has 3 heteroatoms. The second-order valence-corrected chi connectivity index (χ2v) is 6.85. The van der Waals surface area contributed by atoms with E-state index in [-0.39, 0.29) is 5.38 Å². The molecule has 0 amide bonds. The molecular weight excluding hydrogens is 275 g/mol. The Morgan fingerprint density at radius 2 is 1.94 bits per heavy atom. The first kappa shape index (κ1) is 13.5. The Morgan fingerprint density at radius 3 is 2.47 bits per heavy atom. The molecule has 17 heavy (non-hydrogen) atoms. The highest BCUT2D eigenvalue weighted by Crippen LogP contribution is 2.51. The molecular formula is C14H17Cl3. The minimum atomic E-state index is 0.0299. The molecule has 0 aromatic heterocycles. The first-order valence-electron chi connectivity index (χ1n) is 6.01. The van der Waals surface area contributed by atoms with Crippen molar-refractivity contribution < 1.29 is 0 Å². The number of hydrogen-bond donors (Lipinski definition) is 0. The van der Waals surface area contributed by atoms with Gasteiger partial charge in [-0.05, 0) is 41.9 Å². The van der Waals surface area contributed by atoms with Crippen LogP contribution < -0.4 is 0 Å². The summed E-state index contributed by atoms with van der Waals surface area (Å²) in [6.07, 6.45) is 3.71. The Kier molecular flexibility index (Phi) is 3.97. The van der Waals surface area contributed by atoms with E-state index in [1.165, 1.54) is 19.3 Å². The lowest BCUT2D eigenvalue weighted by molar-refractivity contribution is 0.252. The molecule has 0 saturated heterocycles. The van der Waals surface area contributed by atoms with Gasteiger partial charge in [0.05, 0.1) is 15.4 Å². The van der Waals surface area contributed by atoms with Gasteiger partial charge in [-0.2, -0.15) is 0 Å². The van der Waals surface area contributed by atoms with E-state index in [1.54, 1.807) is 0 Å². The largest absolute Gasteiger partial charge is 0.117 e. The first-order valence-corrected chi connectivity index (χ1v) is 7.20. The Labute approximate surface area is 118 Å². The van der Waals surface area contributed by atoms with Crippen LogP contribution in [0.2, 0.25) is 10.0 Å². The number of hydrogen-bond acceptors (Lipinski definition) is 0. The summed E-state index contributed by atoms with van der Waals surface area (Å²) in [5.41, 5.74) is 1.40. The summed E-state index contributed by atoms with van der Waals surface area (Å²) >= 11 is 18.6. The molecule has 1 aliphatic rings. The quantitative estimate of drug-likeness (QED) is 0.578. The van der Waals surface area contributed by atoms with Gasteiger partial charge >= 0.3 is 0 Å². The van der Waals surface area contributed by atoms with Crippen LogP contribution in [-0.2, 0) is 0 Å². The van der Waals surface area contributed by atoms with Crippen molar-refractivity contribution >= 4 is 34.8 Å². The van der Waals surface area contributed by atoms with E-state index in [0.29, 0.717) is 21.4 Å². The van der Waals surface area contributed by atoms with Gasteiger partial charge in [-0.3, -0.25) is 0 Å². The summed E-state index contributed by atoms with van der Waals surface area (Å²) in [4.78, 5) is 0. The van der Waals surface area contributed by atoms with E-state index in [4.69, 9.17) is 34.8 Å². The number of benzene rings is 1. The smallest absolute Gasteiger partial charge is 0.0619 e. The molecule has 94 valence electrons. The van der Waals surface area contributed by atoms with Crippen LogP contribution in [0, 0.1) is 11.3 Å². The summed E-state index contributed by atoms with van der Waals surface area (Å²) in [6.45, 7) is 4.61. The molecule has 0 N–H and O–H groups in total. The second-order valence-electron chi connectivity index (χ2n) is 5.56. The normalized spacial score (nSPS) is 24.9. The van der Waals surface area contributed by atoms with E-state index in [9.17, 15) is 0 Å². The molecule has 1 fully saturated rings. The van der Waals surface area contributed by atoms with Crippen LogP contribution in [0.4, 0.5) is 0 Å². The Morgan fingerprint density at radius 1 is 1.24 bits per heavy atom. The van der Waals surface area contributed by atoms with Crippen molar-refractivity contribution in [2.75, 3.05) is 0 Å². The van der Waals surface area contributed by atoms with Gasteiger partial charge in [-0.25, -0.2) is 0 Å². The molecule has 0 spiro atoms. The zero-order valence-electron chi connectivity index (χ0n) is 10.1. The fraction of sp³-hybridized carbons (Fsp3) is 0.571. The Balaban J connectivity index is 2.25. The van der Waals surface area contributed by atoms with Gasteiger partial charge in [-0.15, -0.1) is 11.6 Å². The van der Waals surface area contributed by atoms with Crippen molar-refractivity contribution in [3.05, 3.63) is 33.8 Å². The lowest BCUT2D eigenvalue weighted by atomic mass is 9.78. The van der Waals surface area contributed by atoms with Gasteiger partial charge < -0.3 is 0 Å². The van der Waals surface area contributed by atoms with Crippen LogP contribution in [0.1, 0.15) is 44.1 Å². The SMILES string of the molecule is CC1(C)CCCC1C(Cl)c1ccc(Cl)c(Cl)c1. The van der Waals surface area contributed by atoms with E-state index in [0.717, 1.165) is 5.56 Å². The van der Waals surface area contributed by atoms with Crippen molar-refractivity contribution in [3.63, 3.8) is 0 Å². The standard InChI is InChI=1S/C14H17Cl3/c1-14(2)7-3-4-10(14)13(17)9-5-6-11(15)12(16)8-9/h5-6,8,10,13H,3-4,7H2,1-2H3. The predicted molar refractivity (Wildman–Crippen MR) is 76.2 cm³/mol. The van der Waals surface area contributed by atoms with Gasteiger partial charge in [0.25, 0.3) is 0 Å².